The minimum absolute atomic E-state index is 0.379. The van der Waals surface area contributed by atoms with Crippen molar-refractivity contribution in [2.45, 2.75) is 61.3 Å². The highest BCUT2D eigenvalue weighted by Crippen LogP contribution is 2.29. The van der Waals surface area contributed by atoms with Crippen molar-refractivity contribution < 1.29 is 44.8 Å². The van der Waals surface area contributed by atoms with Crippen molar-refractivity contribution in [3.63, 3.8) is 0 Å². The molecule has 0 amide bonds. The highest BCUT2D eigenvalue weighted by atomic mass is 16.7. The Morgan fingerprint density at radius 3 is 2.15 bits per heavy atom. The van der Waals surface area contributed by atoms with Crippen molar-refractivity contribution in [1.29, 1.82) is 0 Å². The molecule has 0 aromatic carbocycles. The average molecular weight is 392 g/mol. The number of nitrogens with zero attached hydrogens (tertiary/aromatic N) is 6. The zero-order valence-electron chi connectivity index (χ0n) is 13.8. The fraction of sp³-hybridized carbons (Fsp3) is 1.00. The van der Waals surface area contributed by atoms with Crippen molar-refractivity contribution in [2.24, 2.45) is 10.2 Å². The van der Waals surface area contributed by atoms with Crippen molar-refractivity contribution >= 4 is 0 Å². The second-order valence-electron chi connectivity index (χ2n) is 5.96. The number of aliphatic hydroxyl groups excluding tert-OH is 6. The van der Waals surface area contributed by atoms with Gasteiger partial charge >= 0.3 is 0 Å². The van der Waals surface area contributed by atoms with Crippen molar-refractivity contribution in [2.75, 3.05) is 13.2 Å². The monoisotopic (exact) mass is 392 g/mol. The van der Waals surface area contributed by atoms with Crippen LogP contribution in [0.2, 0.25) is 0 Å². The van der Waals surface area contributed by atoms with Gasteiger partial charge in [0.05, 0.1) is 19.3 Å². The van der Waals surface area contributed by atoms with Crippen LogP contribution in [-0.4, -0.2) is 105 Å². The van der Waals surface area contributed by atoms with E-state index >= 15 is 0 Å². The minimum Gasteiger partial charge on any atom is -0.394 e. The molecule has 27 heavy (non-hydrogen) atoms. The topological polar surface area (TPSA) is 247 Å². The maximum absolute atomic E-state index is 10.2. The van der Waals surface area contributed by atoms with E-state index in [4.69, 9.17) is 25.3 Å². The normalized spacial score (nSPS) is 44.8. The Balaban J connectivity index is 2.16. The molecule has 2 aliphatic rings. The maximum atomic E-state index is 10.2. The quantitative estimate of drug-likeness (QED) is 0.155. The zero-order chi connectivity index (χ0) is 20.1. The molecule has 4 unspecified atom stereocenters. The summed E-state index contributed by atoms with van der Waals surface area (Å²) in [6.07, 6.45) is -15.5. The van der Waals surface area contributed by atoms with Gasteiger partial charge in [-0.1, -0.05) is 10.2 Å². The predicted molar refractivity (Wildman–Crippen MR) is 82.5 cm³/mol. The summed E-state index contributed by atoms with van der Waals surface area (Å²) in [6, 6.07) is 0. The number of hydrogen-bond acceptors (Lipinski definition) is 11. The van der Waals surface area contributed by atoms with Gasteiger partial charge in [0.15, 0.2) is 12.5 Å². The number of ether oxygens (including phenoxy) is 3. The summed E-state index contributed by atoms with van der Waals surface area (Å²) in [5.74, 6) is 0. The van der Waals surface area contributed by atoms with Gasteiger partial charge in [0, 0.05) is 9.82 Å². The van der Waals surface area contributed by atoms with E-state index < -0.39 is 68.0 Å². The third-order valence-corrected chi connectivity index (χ3v) is 4.29. The molecule has 15 nitrogen and oxygen atoms in total. The first-order valence-corrected chi connectivity index (χ1v) is 7.88. The molecule has 0 spiro atoms. The molecule has 0 aliphatic carbocycles. The summed E-state index contributed by atoms with van der Waals surface area (Å²) in [4.78, 5) is 4.97. The molecule has 2 heterocycles. The average Bonchev–Trinajstić information content (AvgIpc) is 2.66. The number of hydrogen-bond donors (Lipinski definition) is 6. The van der Waals surface area contributed by atoms with E-state index in [1.807, 2.05) is 0 Å². The molecule has 2 rings (SSSR count). The molecule has 152 valence electrons. The van der Waals surface area contributed by atoms with E-state index in [0.717, 1.165) is 0 Å². The Labute approximate surface area is 151 Å². The molecule has 0 bridgehead atoms. The van der Waals surface area contributed by atoms with Crippen LogP contribution in [-0.2, 0) is 14.2 Å². The highest BCUT2D eigenvalue weighted by Gasteiger charge is 2.50. The lowest BCUT2D eigenvalue weighted by molar-refractivity contribution is -0.338. The second kappa shape index (κ2) is 9.45. The van der Waals surface area contributed by atoms with Crippen LogP contribution in [0.5, 0.6) is 0 Å². The van der Waals surface area contributed by atoms with E-state index in [2.05, 4.69) is 20.1 Å². The van der Waals surface area contributed by atoms with Gasteiger partial charge in [-0.05, 0) is 11.1 Å². The van der Waals surface area contributed by atoms with Gasteiger partial charge in [-0.25, -0.2) is 0 Å². The summed E-state index contributed by atoms with van der Waals surface area (Å²) in [5.41, 5.74) is 16.8. The van der Waals surface area contributed by atoms with E-state index in [1.54, 1.807) is 0 Å². The first-order valence-electron chi connectivity index (χ1n) is 7.88. The molecule has 0 aromatic heterocycles. The number of rotatable bonds is 6. The molecule has 0 saturated carbocycles. The largest absolute Gasteiger partial charge is 0.394 e. The number of aliphatic hydroxyl groups is 6. The maximum Gasteiger partial charge on any atom is 0.187 e. The van der Waals surface area contributed by atoms with Crippen LogP contribution >= 0.6 is 0 Å². The van der Waals surface area contributed by atoms with Crippen LogP contribution in [0.25, 0.3) is 20.9 Å². The third-order valence-electron chi connectivity index (χ3n) is 4.29. The van der Waals surface area contributed by atoms with Crippen molar-refractivity contribution in [3.8, 4) is 0 Å². The summed E-state index contributed by atoms with van der Waals surface area (Å²) in [5, 5.41) is 65.8. The molecule has 2 fully saturated rings. The Kier molecular flexibility index (Phi) is 7.55. The molecule has 2 saturated heterocycles. The molecule has 10 atom stereocenters. The summed E-state index contributed by atoms with van der Waals surface area (Å²) in [7, 11) is 0. The lowest BCUT2D eigenvalue weighted by Gasteiger charge is -2.45. The van der Waals surface area contributed by atoms with Gasteiger partial charge < -0.3 is 44.8 Å². The van der Waals surface area contributed by atoms with Crippen molar-refractivity contribution in [1.82, 2.24) is 0 Å². The zero-order valence-corrected chi connectivity index (χ0v) is 13.8. The number of azide groups is 2. The Hall–Kier alpha value is -1.74. The lowest BCUT2D eigenvalue weighted by Crippen LogP contribution is -2.64. The fourth-order valence-electron chi connectivity index (χ4n) is 2.83. The van der Waals surface area contributed by atoms with Gasteiger partial charge in [-0.3, -0.25) is 0 Å². The van der Waals surface area contributed by atoms with Gasteiger partial charge in [0.2, 0.25) is 0 Å². The first kappa shape index (κ1) is 21.6. The summed E-state index contributed by atoms with van der Waals surface area (Å²) < 4.78 is 15.8. The van der Waals surface area contributed by atoms with Crippen LogP contribution in [0, 0.1) is 0 Å². The van der Waals surface area contributed by atoms with Crippen molar-refractivity contribution in [3.05, 3.63) is 20.9 Å². The fourth-order valence-corrected chi connectivity index (χ4v) is 2.83. The van der Waals surface area contributed by atoms with Crippen LogP contribution in [0.3, 0.4) is 0 Å². The van der Waals surface area contributed by atoms with E-state index in [0.29, 0.717) is 0 Å². The smallest absolute Gasteiger partial charge is 0.187 e. The summed E-state index contributed by atoms with van der Waals surface area (Å²) in [6.45, 7) is -1.09. The van der Waals surface area contributed by atoms with Gasteiger partial charge in [0.1, 0.15) is 42.7 Å². The van der Waals surface area contributed by atoms with Crippen LogP contribution in [0.15, 0.2) is 10.2 Å². The first-order chi connectivity index (χ1) is 12.8. The predicted octanol–water partition coefficient (Wildman–Crippen LogP) is -2.76. The van der Waals surface area contributed by atoms with E-state index in [1.165, 1.54) is 0 Å². The highest BCUT2D eigenvalue weighted by molar-refractivity contribution is 4.95. The molecular weight excluding hydrogens is 372 g/mol. The lowest BCUT2D eigenvalue weighted by atomic mass is 9.96. The van der Waals surface area contributed by atoms with E-state index in [9.17, 15) is 30.6 Å². The standard InChI is InChI=1S/C12H20N6O9/c13-17-15-1-3-5(20)6(21)9(24)12(26-3)27-10-4(2-19)25-11(16-18-14)8(23)7(10)22/h3-12,19-24H,1-2H2/t3-,4-,5+,6?,7?,8?,9?,10+,11+,12-/m0/s1. The Morgan fingerprint density at radius 2 is 1.56 bits per heavy atom. The van der Waals surface area contributed by atoms with Crippen LogP contribution < -0.4 is 0 Å². The van der Waals surface area contributed by atoms with Gasteiger partial charge in [-0.2, -0.15) is 0 Å². The molecular formula is C12H20N6O9. The van der Waals surface area contributed by atoms with Gasteiger partial charge in [-0.15, -0.1) is 0 Å². The molecule has 6 N–H and O–H groups in total. The van der Waals surface area contributed by atoms with Crippen LogP contribution in [0.4, 0.5) is 0 Å². The molecule has 0 radical (unpaired) electrons. The Morgan fingerprint density at radius 1 is 0.852 bits per heavy atom. The SMILES string of the molecule is [N-]=[N+]=NC[C@@H]1O[C@@H](O[C@H]2C(O)C(O)[C@H](N=[N+]=[N-])O[C@H]2CO)C(O)C(O)[C@@H]1O. The summed E-state index contributed by atoms with van der Waals surface area (Å²) >= 11 is 0. The molecule has 15 heteroatoms. The molecule has 2 aliphatic heterocycles. The van der Waals surface area contributed by atoms with Gasteiger partial charge in [0.25, 0.3) is 0 Å². The minimum atomic E-state index is -1.76. The third kappa shape index (κ3) is 4.57. The second-order valence-corrected chi connectivity index (χ2v) is 5.96. The van der Waals surface area contributed by atoms with Crippen LogP contribution in [0.1, 0.15) is 0 Å². The Bertz CT molecular complexity index is 598. The molecule has 0 aromatic rings. The van der Waals surface area contributed by atoms with E-state index in [-0.39, 0.29) is 6.54 Å².